The van der Waals surface area contributed by atoms with Crippen molar-refractivity contribution in [3.63, 3.8) is 0 Å². The standard InChI is InChI=1S/C9H14N2O2/c10-4-2-5-11-9(12)7-8-3-1-6-13-8/h8H,1-3,5-7H2,(H,11,12). The molecule has 1 N–H and O–H groups in total. The molecule has 0 saturated carbocycles. The van der Waals surface area contributed by atoms with E-state index in [1.807, 2.05) is 6.07 Å². The molecule has 4 heteroatoms. The first-order valence-electron chi connectivity index (χ1n) is 4.58. The third kappa shape index (κ3) is 3.90. The Morgan fingerprint density at radius 3 is 3.15 bits per heavy atom. The van der Waals surface area contributed by atoms with E-state index in [0.29, 0.717) is 19.4 Å². The van der Waals surface area contributed by atoms with Crippen LogP contribution in [0.3, 0.4) is 0 Å². The molecule has 1 rings (SSSR count). The van der Waals surface area contributed by atoms with Crippen LogP contribution in [-0.4, -0.2) is 25.2 Å². The topological polar surface area (TPSA) is 62.1 Å². The number of rotatable bonds is 4. The first kappa shape index (κ1) is 10.0. The Bertz CT molecular complexity index is 204. The van der Waals surface area contributed by atoms with Gasteiger partial charge in [0.2, 0.25) is 5.91 Å². The molecule has 0 aromatic heterocycles. The second-order valence-corrected chi connectivity index (χ2v) is 3.10. The summed E-state index contributed by atoms with van der Waals surface area (Å²) in [6, 6.07) is 1.97. The highest BCUT2D eigenvalue weighted by atomic mass is 16.5. The second kappa shape index (κ2) is 5.55. The maximum atomic E-state index is 11.2. The van der Waals surface area contributed by atoms with Gasteiger partial charge in [-0.1, -0.05) is 0 Å². The molecule has 1 unspecified atom stereocenters. The average Bonchev–Trinajstić information content (AvgIpc) is 2.57. The molecule has 1 atom stereocenters. The quantitative estimate of drug-likeness (QED) is 0.647. The van der Waals surface area contributed by atoms with Crippen LogP contribution < -0.4 is 5.32 Å². The zero-order valence-electron chi connectivity index (χ0n) is 7.58. The molecular formula is C9H14N2O2. The monoisotopic (exact) mass is 182 g/mol. The van der Waals surface area contributed by atoms with E-state index in [1.54, 1.807) is 0 Å². The van der Waals surface area contributed by atoms with Crippen LogP contribution in [0, 0.1) is 11.3 Å². The first-order chi connectivity index (χ1) is 6.33. The number of nitriles is 1. The van der Waals surface area contributed by atoms with E-state index in [1.165, 1.54) is 0 Å². The van der Waals surface area contributed by atoms with Crippen LogP contribution in [-0.2, 0) is 9.53 Å². The van der Waals surface area contributed by atoms with Gasteiger partial charge in [-0.3, -0.25) is 4.79 Å². The van der Waals surface area contributed by atoms with Gasteiger partial charge < -0.3 is 10.1 Å². The fraction of sp³-hybridized carbons (Fsp3) is 0.778. The maximum absolute atomic E-state index is 11.2. The predicted octanol–water partition coefficient (Wildman–Crippen LogP) is 0.585. The molecule has 1 fully saturated rings. The molecule has 1 amide bonds. The average molecular weight is 182 g/mol. The van der Waals surface area contributed by atoms with Crippen LogP contribution in [0.2, 0.25) is 0 Å². The molecular weight excluding hydrogens is 168 g/mol. The SMILES string of the molecule is N#CCCNC(=O)CC1CCCO1. The van der Waals surface area contributed by atoms with Crippen molar-refractivity contribution in [1.29, 1.82) is 5.26 Å². The Kier molecular flexibility index (Phi) is 4.27. The van der Waals surface area contributed by atoms with E-state index in [0.717, 1.165) is 19.4 Å². The zero-order chi connectivity index (χ0) is 9.52. The lowest BCUT2D eigenvalue weighted by Crippen LogP contribution is -2.27. The summed E-state index contributed by atoms with van der Waals surface area (Å²) in [5.41, 5.74) is 0. The van der Waals surface area contributed by atoms with Crippen LogP contribution in [0.5, 0.6) is 0 Å². The molecule has 1 heterocycles. The minimum Gasteiger partial charge on any atom is -0.378 e. The van der Waals surface area contributed by atoms with Crippen LogP contribution in [0.4, 0.5) is 0 Å². The van der Waals surface area contributed by atoms with Crippen molar-refractivity contribution in [3.8, 4) is 6.07 Å². The van der Waals surface area contributed by atoms with E-state index in [2.05, 4.69) is 5.32 Å². The van der Waals surface area contributed by atoms with Gasteiger partial charge in [-0.2, -0.15) is 5.26 Å². The number of ether oxygens (including phenoxy) is 1. The number of nitrogens with one attached hydrogen (secondary N) is 1. The number of carbonyl (C=O) groups excluding carboxylic acids is 1. The summed E-state index contributed by atoms with van der Waals surface area (Å²) >= 11 is 0. The Hall–Kier alpha value is -1.08. The molecule has 0 aliphatic carbocycles. The van der Waals surface area contributed by atoms with Gasteiger partial charge in [0, 0.05) is 13.2 Å². The molecule has 0 aromatic rings. The van der Waals surface area contributed by atoms with Crippen molar-refractivity contribution in [2.75, 3.05) is 13.2 Å². The Balaban J connectivity index is 2.07. The van der Waals surface area contributed by atoms with Gasteiger partial charge in [0.15, 0.2) is 0 Å². The highest BCUT2D eigenvalue weighted by Crippen LogP contribution is 2.14. The van der Waals surface area contributed by atoms with Crippen molar-refractivity contribution in [1.82, 2.24) is 5.32 Å². The van der Waals surface area contributed by atoms with E-state index in [4.69, 9.17) is 10.00 Å². The van der Waals surface area contributed by atoms with Gasteiger partial charge in [-0.05, 0) is 12.8 Å². The summed E-state index contributed by atoms with van der Waals surface area (Å²) in [6.07, 6.45) is 2.94. The lowest BCUT2D eigenvalue weighted by Gasteiger charge is -2.08. The Morgan fingerprint density at radius 1 is 1.69 bits per heavy atom. The van der Waals surface area contributed by atoms with Gasteiger partial charge in [-0.25, -0.2) is 0 Å². The molecule has 1 aliphatic heterocycles. The molecule has 0 radical (unpaired) electrons. The normalized spacial score (nSPS) is 21.0. The fourth-order valence-electron chi connectivity index (χ4n) is 1.34. The summed E-state index contributed by atoms with van der Waals surface area (Å²) in [4.78, 5) is 11.2. The van der Waals surface area contributed by atoms with E-state index in [9.17, 15) is 4.79 Å². The molecule has 0 spiro atoms. The fourth-order valence-corrected chi connectivity index (χ4v) is 1.34. The molecule has 1 aliphatic rings. The van der Waals surface area contributed by atoms with Crippen molar-refractivity contribution in [3.05, 3.63) is 0 Å². The highest BCUT2D eigenvalue weighted by Gasteiger charge is 2.18. The highest BCUT2D eigenvalue weighted by molar-refractivity contribution is 5.76. The zero-order valence-corrected chi connectivity index (χ0v) is 7.58. The smallest absolute Gasteiger partial charge is 0.222 e. The van der Waals surface area contributed by atoms with Crippen molar-refractivity contribution >= 4 is 5.91 Å². The van der Waals surface area contributed by atoms with Crippen molar-refractivity contribution < 1.29 is 9.53 Å². The lowest BCUT2D eigenvalue weighted by molar-refractivity contribution is -0.123. The van der Waals surface area contributed by atoms with Gasteiger partial charge in [0.05, 0.1) is 25.0 Å². The molecule has 4 nitrogen and oxygen atoms in total. The van der Waals surface area contributed by atoms with E-state index in [-0.39, 0.29) is 12.0 Å². The van der Waals surface area contributed by atoms with Gasteiger partial charge in [0.1, 0.15) is 0 Å². The molecule has 72 valence electrons. The lowest BCUT2D eigenvalue weighted by atomic mass is 10.2. The van der Waals surface area contributed by atoms with Crippen molar-refractivity contribution in [2.45, 2.75) is 31.8 Å². The largest absolute Gasteiger partial charge is 0.378 e. The van der Waals surface area contributed by atoms with Gasteiger partial charge in [0.25, 0.3) is 0 Å². The number of hydrogen-bond donors (Lipinski definition) is 1. The van der Waals surface area contributed by atoms with Gasteiger partial charge in [-0.15, -0.1) is 0 Å². The van der Waals surface area contributed by atoms with Gasteiger partial charge >= 0.3 is 0 Å². The summed E-state index contributed by atoms with van der Waals surface area (Å²) in [5.74, 6) is -0.0119. The van der Waals surface area contributed by atoms with E-state index >= 15 is 0 Å². The number of hydrogen-bond acceptors (Lipinski definition) is 3. The Morgan fingerprint density at radius 2 is 2.54 bits per heavy atom. The summed E-state index contributed by atoms with van der Waals surface area (Å²) < 4.78 is 5.30. The number of amides is 1. The van der Waals surface area contributed by atoms with Crippen LogP contribution in [0.25, 0.3) is 0 Å². The summed E-state index contributed by atoms with van der Waals surface area (Å²) in [6.45, 7) is 1.22. The van der Waals surface area contributed by atoms with Crippen LogP contribution in [0.1, 0.15) is 25.7 Å². The Labute approximate surface area is 77.9 Å². The third-order valence-corrected chi connectivity index (χ3v) is 2.00. The van der Waals surface area contributed by atoms with Crippen molar-refractivity contribution in [2.24, 2.45) is 0 Å². The van der Waals surface area contributed by atoms with Crippen LogP contribution in [0.15, 0.2) is 0 Å². The maximum Gasteiger partial charge on any atom is 0.222 e. The number of nitrogens with zero attached hydrogens (tertiary/aromatic N) is 1. The molecule has 0 bridgehead atoms. The second-order valence-electron chi connectivity index (χ2n) is 3.10. The summed E-state index contributed by atoms with van der Waals surface area (Å²) in [7, 11) is 0. The predicted molar refractivity (Wildman–Crippen MR) is 46.8 cm³/mol. The van der Waals surface area contributed by atoms with E-state index < -0.39 is 0 Å². The third-order valence-electron chi connectivity index (χ3n) is 2.00. The minimum atomic E-state index is -0.0119. The minimum absolute atomic E-state index is 0.0119. The summed E-state index contributed by atoms with van der Waals surface area (Å²) in [5, 5.41) is 10.9. The first-order valence-corrected chi connectivity index (χ1v) is 4.58. The molecule has 13 heavy (non-hydrogen) atoms. The molecule has 1 saturated heterocycles. The van der Waals surface area contributed by atoms with Crippen LogP contribution >= 0.6 is 0 Å². The number of carbonyl (C=O) groups is 1. The molecule has 0 aromatic carbocycles.